The number of nitrogens with one attached hydrogen (secondary N) is 1. The zero-order chi connectivity index (χ0) is 19.8. The van der Waals surface area contributed by atoms with Crippen LogP contribution < -0.4 is 14.8 Å². The van der Waals surface area contributed by atoms with E-state index < -0.39 is 0 Å². The van der Waals surface area contributed by atoms with E-state index in [9.17, 15) is 4.79 Å². The van der Waals surface area contributed by atoms with Crippen molar-refractivity contribution in [3.8, 4) is 23.4 Å². The second-order valence-electron chi connectivity index (χ2n) is 6.68. The quantitative estimate of drug-likeness (QED) is 0.792. The van der Waals surface area contributed by atoms with Crippen LogP contribution in [-0.2, 0) is 4.79 Å². The molecule has 3 rings (SSSR count). The average Bonchev–Trinajstić information content (AvgIpc) is 2.74. The van der Waals surface area contributed by atoms with Crippen molar-refractivity contribution in [2.75, 3.05) is 32.1 Å². The molecule has 7 nitrogen and oxygen atoms in total. The second-order valence-corrected chi connectivity index (χ2v) is 6.68. The fourth-order valence-corrected chi connectivity index (χ4v) is 3.26. The number of benzene rings is 1. The maximum absolute atomic E-state index is 12.6. The van der Waals surface area contributed by atoms with Gasteiger partial charge in [0.1, 0.15) is 0 Å². The van der Waals surface area contributed by atoms with Gasteiger partial charge in [-0.05, 0) is 37.6 Å². The molecule has 1 unspecified atom stereocenters. The van der Waals surface area contributed by atoms with E-state index in [1.54, 1.807) is 31.5 Å². The number of aromatic nitrogens is 1. The van der Waals surface area contributed by atoms with Crippen LogP contribution in [0.4, 0.5) is 5.69 Å². The number of para-hydroxylation sites is 2. The number of nitriles is 1. The molecule has 1 fully saturated rings. The summed E-state index contributed by atoms with van der Waals surface area (Å²) < 4.78 is 11.0. The number of carbonyl (C=O) groups is 1. The van der Waals surface area contributed by atoms with Crippen LogP contribution in [0.2, 0.25) is 0 Å². The summed E-state index contributed by atoms with van der Waals surface area (Å²) in [6.07, 6.45) is 3.90. The number of pyridine rings is 1. The Balaban J connectivity index is 1.56. The molecular weight excluding hydrogens is 356 g/mol. The van der Waals surface area contributed by atoms with Crippen molar-refractivity contribution in [3.05, 3.63) is 42.6 Å². The van der Waals surface area contributed by atoms with Gasteiger partial charge in [-0.1, -0.05) is 12.1 Å². The standard InChI is InChI=1S/C21H24N4O3/c1-27-18-7-2-3-8-19(18)28-20-10-9-17(14-23-20)24-21(26)16-6-4-12-25(15-16)13-5-11-22/h2-3,7-10,14,16H,4-6,12-13,15H2,1H3,(H,24,26). The molecule has 1 aromatic heterocycles. The molecule has 0 bridgehead atoms. The van der Waals surface area contributed by atoms with Gasteiger partial charge in [0.05, 0.1) is 31.0 Å². The van der Waals surface area contributed by atoms with Crippen molar-refractivity contribution in [1.82, 2.24) is 9.88 Å². The number of nitrogens with zero attached hydrogens (tertiary/aromatic N) is 3. The number of anilines is 1. The van der Waals surface area contributed by atoms with Gasteiger partial charge in [0, 0.05) is 25.6 Å². The molecule has 0 spiro atoms. The molecule has 28 heavy (non-hydrogen) atoms. The minimum absolute atomic E-state index is 0.0122. The topological polar surface area (TPSA) is 87.5 Å². The van der Waals surface area contributed by atoms with Crippen LogP contribution >= 0.6 is 0 Å². The number of hydrogen-bond donors (Lipinski definition) is 1. The van der Waals surface area contributed by atoms with Crippen molar-refractivity contribution in [1.29, 1.82) is 5.26 Å². The van der Waals surface area contributed by atoms with Crippen molar-refractivity contribution in [3.63, 3.8) is 0 Å². The van der Waals surface area contributed by atoms with E-state index in [2.05, 4.69) is 21.3 Å². The van der Waals surface area contributed by atoms with Gasteiger partial charge in [0.25, 0.3) is 0 Å². The van der Waals surface area contributed by atoms with Crippen LogP contribution in [0.15, 0.2) is 42.6 Å². The van der Waals surface area contributed by atoms with Gasteiger partial charge in [-0.15, -0.1) is 0 Å². The predicted molar refractivity (Wildman–Crippen MR) is 105 cm³/mol. The van der Waals surface area contributed by atoms with Crippen LogP contribution in [0.25, 0.3) is 0 Å². The molecule has 1 aliphatic heterocycles. The van der Waals surface area contributed by atoms with Gasteiger partial charge >= 0.3 is 0 Å². The summed E-state index contributed by atoms with van der Waals surface area (Å²) in [7, 11) is 1.58. The average molecular weight is 380 g/mol. The minimum Gasteiger partial charge on any atom is -0.493 e. The van der Waals surface area contributed by atoms with E-state index in [4.69, 9.17) is 14.7 Å². The Bertz CT molecular complexity index is 832. The fraction of sp³-hybridized carbons (Fsp3) is 0.381. The normalized spacial score (nSPS) is 16.8. The predicted octanol–water partition coefficient (Wildman–Crippen LogP) is 3.45. The highest BCUT2D eigenvalue weighted by molar-refractivity contribution is 5.92. The third kappa shape index (κ3) is 5.21. The first-order valence-corrected chi connectivity index (χ1v) is 9.36. The molecule has 2 aromatic rings. The van der Waals surface area contributed by atoms with Gasteiger partial charge in [-0.25, -0.2) is 4.98 Å². The SMILES string of the molecule is COc1ccccc1Oc1ccc(NC(=O)C2CCCN(CCC#N)C2)cn1. The molecule has 7 heteroatoms. The first kappa shape index (κ1) is 19.6. The lowest BCUT2D eigenvalue weighted by atomic mass is 9.97. The van der Waals surface area contributed by atoms with Gasteiger partial charge in [0.2, 0.25) is 11.8 Å². The highest BCUT2D eigenvalue weighted by atomic mass is 16.5. The summed E-state index contributed by atoms with van der Waals surface area (Å²) >= 11 is 0. The first-order chi connectivity index (χ1) is 13.7. The van der Waals surface area contributed by atoms with Crippen molar-refractivity contribution in [2.45, 2.75) is 19.3 Å². The van der Waals surface area contributed by atoms with Crippen LogP contribution in [0.3, 0.4) is 0 Å². The summed E-state index contributed by atoms with van der Waals surface area (Å²) in [6, 6.07) is 13.0. The molecule has 1 amide bonds. The van der Waals surface area contributed by atoms with Gasteiger partial charge in [-0.3, -0.25) is 4.79 Å². The number of hydrogen-bond acceptors (Lipinski definition) is 6. The number of ether oxygens (including phenoxy) is 2. The van der Waals surface area contributed by atoms with Gasteiger partial charge in [0.15, 0.2) is 11.5 Å². The highest BCUT2D eigenvalue weighted by Gasteiger charge is 2.25. The molecule has 1 aliphatic rings. The summed E-state index contributed by atoms with van der Waals surface area (Å²) in [5, 5.41) is 11.7. The summed E-state index contributed by atoms with van der Waals surface area (Å²) in [5.74, 6) is 1.54. The van der Waals surface area contributed by atoms with Crippen molar-refractivity contribution >= 4 is 11.6 Å². The molecule has 1 atom stereocenters. The molecule has 1 N–H and O–H groups in total. The molecular formula is C21H24N4O3. The first-order valence-electron chi connectivity index (χ1n) is 9.36. The van der Waals surface area contributed by atoms with Crippen molar-refractivity contribution in [2.24, 2.45) is 5.92 Å². The third-order valence-electron chi connectivity index (χ3n) is 4.70. The Morgan fingerprint density at radius 2 is 2.14 bits per heavy atom. The van der Waals surface area contributed by atoms with E-state index in [1.165, 1.54) is 0 Å². The molecule has 146 valence electrons. The zero-order valence-corrected chi connectivity index (χ0v) is 15.9. The Labute approximate surface area is 164 Å². The molecule has 0 radical (unpaired) electrons. The summed E-state index contributed by atoms with van der Waals surface area (Å²) in [6.45, 7) is 2.36. The largest absolute Gasteiger partial charge is 0.493 e. The summed E-state index contributed by atoms with van der Waals surface area (Å²) in [5.41, 5.74) is 0.631. The minimum atomic E-state index is -0.0723. The van der Waals surface area contributed by atoms with Crippen LogP contribution in [0.5, 0.6) is 17.4 Å². The van der Waals surface area contributed by atoms with Crippen LogP contribution in [0, 0.1) is 17.2 Å². The van der Waals surface area contributed by atoms with E-state index in [-0.39, 0.29) is 11.8 Å². The zero-order valence-electron chi connectivity index (χ0n) is 15.9. The third-order valence-corrected chi connectivity index (χ3v) is 4.70. The lowest BCUT2D eigenvalue weighted by Crippen LogP contribution is -2.41. The van der Waals surface area contributed by atoms with Crippen LogP contribution in [0.1, 0.15) is 19.3 Å². The molecule has 1 aromatic carbocycles. The summed E-state index contributed by atoms with van der Waals surface area (Å²) in [4.78, 5) is 19.0. The van der Waals surface area contributed by atoms with Gasteiger partial charge < -0.3 is 19.7 Å². The lowest BCUT2D eigenvalue weighted by Gasteiger charge is -2.31. The molecule has 1 saturated heterocycles. The Hall–Kier alpha value is -3.11. The fourth-order valence-electron chi connectivity index (χ4n) is 3.26. The Morgan fingerprint density at radius 1 is 1.32 bits per heavy atom. The van der Waals surface area contributed by atoms with Crippen molar-refractivity contribution < 1.29 is 14.3 Å². The van der Waals surface area contributed by atoms with E-state index in [0.29, 0.717) is 36.0 Å². The van der Waals surface area contributed by atoms with E-state index in [0.717, 1.165) is 25.9 Å². The molecule has 0 saturated carbocycles. The smallest absolute Gasteiger partial charge is 0.228 e. The number of carbonyl (C=O) groups excluding carboxylic acids is 1. The molecule has 2 heterocycles. The number of methoxy groups -OCH3 is 1. The van der Waals surface area contributed by atoms with Crippen LogP contribution in [-0.4, -0.2) is 42.5 Å². The number of piperidine rings is 1. The number of amides is 1. The second kappa shape index (κ2) is 9.72. The number of likely N-dealkylation sites (tertiary alicyclic amines) is 1. The van der Waals surface area contributed by atoms with Gasteiger partial charge in [-0.2, -0.15) is 5.26 Å². The lowest BCUT2D eigenvalue weighted by molar-refractivity contribution is -0.121. The van der Waals surface area contributed by atoms with E-state index >= 15 is 0 Å². The maximum atomic E-state index is 12.6. The maximum Gasteiger partial charge on any atom is 0.228 e. The Kier molecular flexibility index (Phi) is 6.82. The molecule has 0 aliphatic carbocycles. The van der Waals surface area contributed by atoms with E-state index in [1.807, 2.05) is 18.2 Å². The highest BCUT2D eigenvalue weighted by Crippen LogP contribution is 2.30. The Morgan fingerprint density at radius 3 is 2.86 bits per heavy atom. The number of rotatable bonds is 7. The monoisotopic (exact) mass is 380 g/mol.